The van der Waals surface area contributed by atoms with Crippen LogP contribution in [0.1, 0.15) is 0 Å². The van der Waals surface area contributed by atoms with Gasteiger partial charge in [0.25, 0.3) is 5.91 Å². The molecule has 0 atom stereocenters. The second kappa shape index (κ2) is 2.37. The van der Waals surface area contributed by atoms with Crippen molar-refractivity contribution in [3.05, 3.63) is 12.2 Å². The van der Waals surface area contributed by atoms with Crippen LogP contribution in [-0.4, -0.2) is 34.8 Å². The summed E-state index contributed by atoms with van der Waals surface area (Å²) < 4.78 is 0. The van der Waals surface area contributed by atoms with Gasteiger partial charge in [-0.15, -0.1) is 0 Å². The maximum atomic E-state index is 11.3. The molecule has 0 aromatic carbocycles. The summed E-state index contributed by atoms with van der Waals surface area (Å²) in [5.74, 6) is 1.03. The molecule has 11 heavy (non-hydrogen) atoms. The summed E-state index contributed by atoms with van der Waals surface area (Å²) in [6.45, 7) is 4.92. The number of hydrogen-bond donors (Lipinski definition) is 0. The third-order valence-electron chi connectivity index (χ3n) is 1.73. The molecule has 0 aromatic heterocycles. The van der Waals surface area contributed by atoms with Crippen molar-refractivity contribution in [3.8, 4) is 0 Å². The predicted molar refractivity (Wildman–Crippen MR) is 45.6 cm³/mol. The fourth-order valence-corrected chi connectivity index (χ4v) is 2.09. The van der Waals surface area contributed by atoms with Gasteiger partial charge in [-0.2, -0.15) is 0 Å². The molecule has 3 nitrogen and oxygen atoms in total. The molecule has 0 N–H and O–H groups in total. The molecule has 58 valence electrons. The number of aliphatic imine (C=N–C) groups is 1. The van der Waals surface area contributed by atoms with E-state index in [1.165, 1.54) is 0 Å². The van der Waals surface area contributed by atoms with Crippen LogP contribution < -0.4 is 0 Å². The smallest absolute Gasteiger partial charge is 0.257 e. The lowest BCUT2D eigenvalue weighted by Gasteiger charge is -2.20. The zero-order valence-electron chi connectivity index (χ0n) is 6.04. The van der Waals surface area contributed by atoms with Gasteiger partial charge in [0.1, 0.15) is 0 Å². The van der Waals surface area contributed by atoms with E-state index in [-0.39, 0.29) is 5.91 Å². The second-order valence-corrected chi connectivity index (χ2v) is 3.57. The lowest BCUT2D eigenvalue weighted by molar-refractivity contribution is -0.123. The Morgan fingerprint density at radius 1 is 1.64 bits per heavy atom. The lowest BCUT2D eigenvalue weighted by Crippen LogP contribution is -2.36. The molecule has 0 saturated carbocycles. The number of fused-ring (bicyclic) bond motifs is 1. The number of thioether (sulfide) groups is 1. The fourth-order valence-electron chi connectivity index (χ4n) is 1.14. The van der Waals surface area contributed by atoms with Crippen LogP contribution in [0, 0.1) is 0 Å². The Labute approximate surface area is 69.2 Å². The van der Waals surface area contributed by atoms with Crippen molar-refractivity contribution in [3.63, 3.8) is 0 Å². The van der Waals surface area contributed by atoms with Gasteiger partial charge in [0.2, 0.25) is 0 Å². The highest BCUT2D eigenvalue weighted by molar-refractivity contribution is 8.14. The van der Waals surface area contributed by atoms with Crippen LogP contribution >= 0.6 is 11.8 Å². The molecular weight excluding hydrogens is 160 g/mol. The van der Waals surface area contributed by atoms with Crippen molar-refractivity contribution in [2.75, 3.05) is 18.8 Å². The van der Waals surface area contributed by atoms with Gasteiger partial charge in [-0.05, 0) is 0 Å². The zero-order valence-corrected chi connectivity index (χ0v) is 6.86. The number of carbonyl (C=O) groups is 1. The van der Waals surface area contributed by atoms with E-state index in [9.17, 15) is 4.79 Å². The highest BCUT2D eigenvalue weighted by Crippen LogP contribution is 2.23. The summed E-state index contributed by atoms with van der Waals surface area (Å²) in [5, 5.41) is 0.877. The molecule has 1 fully saturated rings. The molecule has 0 bridgehead atoms. The fraction of sp³-hybridized carbons (Fsp3) is 0.429. The van der Waals surface area contributed by atoms with Crippen LogP contribution in [0.3, 0.4) is 0 Å². The lowest BCUT2D eigenvalue weighted by atomic mass is 10.2. The average Bonchev–Trinajstić information content (AvgIpc) is 2.45. The topological polar surface area (TPSA) is 32.7 Å². The molecule has 0 aromatic rings. The molecule has 1 saturated heterocycles. The summed E-state index contributed by atoms with van der Waals surface area (Å²) >= 11 is 1.65. The third-order valence-corrected chi connectivity index (χ3v) is 2.72. The molecule has 0 aliphatic carbocycles. The van der Waals surface area contributed by atoms with Crippen LogP contribution in [-0.2, 0) is 4.79 Å². The van der Waals surface area contributed by atoms with E-state index in [4.69, 9.17) is 0 Å². The molecule has 2 aliphatic heterocycles. The van der Waals surface area contributed by atoms with Crippen molar-refractivity contribution in [1.82, 2.24) is 4.90 Å². The first-order chi connectivity index (χ1) is 5.29. The normalized spacial score (nSPS) is 23.6. The van der Waals surface area contributed by atoms with E-state index < -0.39 is 0 Å². The first kappa shape index (κ1) is 6.91. The van der Waals surface area contributed by atoms with E-state index in [0.717, 1.165) is 17.5 Å². The van der Waals surface area contributed by atoms with Crippen LogP contribution in [0.4, 0.5) is 0 Å². The Hall–Kier alpha value is -0.770. The molecule has 2 rings (SSSR count). The highest BCUT2D eigenvalue weighted by Gasteiger charge is 2.29. The largest absolute Gasteiger partial charge is 0.287 e. The number of amides is 1. The van der Waals surface area contributed by atoms with Crippen LogP contribution in [0.2, 0.25) is 0 Å². The molecule has 4 heteroatoms. The Morgan fingerprint density at radius 3 is 3.27 bits per heavy atom. The predicted octanol–water partition coefficient (Wildman–Crippen LogP) is 0.488. The van der Waals surface area contributed by atoms with Crippen molar-refractivity contribution >= 4 is 22.8 Å². The first-order valence-corrected chi connectivity index (χ1v) is 4.44. The minimum Gasteiger partial charge on any atom is -0.287 e. The van der Waals surface area contributed by atoms with Crippen LogP contribution in [0.25, 0.3) is 0 Å². The van der Waals surface area contributed by atoms with Gasteiger partial charge >= 0.3 is 0 Å². The summed E-state index contributed by atoms with van der Waals surface area (Å²) in [7, 11) is 0. The SMILES string of the molecule is C=C1CN=C2SCCN2C1=O. The Kier molecular flexibility index (Phi) is 1.49. The molecule has 1 amide bonds. The number of rotatable bonds is 0. The summed E-state index contributed by atoms with van der Waals surface area (Å²) in [6.07, 6.45) is 0. The molecule has 2 heterocycles. The number of carbonyl (C=O) groups excluding carboxylic acids is 1. The minimum atomic E-state index is 0.0556. The standard InChI is InChI=1S/C7H8N2OS/c1-5-4-8-7-9(6(5)10)2-3-11-7/h1-4H2. The summed E-state index contributed by atoms with van der Waals surface area (Å²) in [4.78, 5) is 17.3. The van der Waals surface area contributed by atoms with E-state index >= 15 is 0 Å². The number of amidine groups is 1. The minimum absolute atomic E-state index is 0.0556. The third kappa shape index (κ3) is 0.976. The Morgan fingerprint density at radius 2 is 2.45 bits per heavy atom. The molecule has 0 unspecified atom stereocenters. The van der Waals surface area contributed by atoms with E-state index in [2.05, 4.69) is 11.6 Å². The van der Waals surface area contributed by atoms with Gasteiger partial charge in [-0.25, -0.2) is 0 Å². The first-order valence-electron chi connectivity index (χ1n) is 3.46. The van der Waals surface area contributed by atoms with Crippen molar-refractivity contribution in [2.45, 2.75) is 0 Å². The van der Waals surface area contributed by atoms with Crippen molar-refractivity contribution in [1.29, 1.82) is 0 Å². The number of hydrogen-bond acceptors (Lipinski definition) is 3. The highest BCUT2D eigenvalue weighted by atomic mass is 32.2. The quantitative estimate of drug-likeness (QED) is 0.493. The van der Waals surface area contributed by atoms with Gasteiger partial charge in [0.05, 0.1) is 6.54 Å². The zero-order chi connectivity index (χ0) is 7.84. The van der Waals surface area contributed by atoms with Gasteiger partial charge in [0.15, 0.2) is 5.17 Å². The maximum Gasteiger partial charge on any atom is 0.257 e. The summed E-state index contributed by atoms with van der Waals surface area (Å²) in [6, 6.07) is 0. The Balaban J connectivity index is 2.33. The monoisotopic (exact) mass is 168 g/mol. The maximum absolute atomic E-state index is 11.3. The molecular formula is C7H8N2OS. The van der Waals surface area contributed by atoms with E-state index in [1.807, 2.05) is 0 Å². The van der Waals surface area contributed by atoms with Gasteiger partial charge in [-0.1, -0.05) is 18.3 Å². The molecule has 2 aliphatic rings. The van der Waals surface area contributed by atoms with E-state index in [1.54, 1.807) is 16.7 Å². The molecule has 0 radical (unpaired) electrons. The Bertz CT molecular complexity index is 259. The van der Waals surface area contributed by atoms with Gasteiger partial charge < -0.3 is 0 Å². The average molecular weight is 168 g/mol. The van der Waals surface area contributed by atoms with Crippen molar-refractivity contribution < 1.29 is 4.79 Å². The summed E-state index contributed by atoms with van der Waals surface area (Å²) in [5.41, 5.74) is 0.608. The van der Waals surface area contributed by atoms with Crippen LogP contribution in [0.5, 0.6) is 0 Å². The second-order valence-electron chi connectivity index (χ2n) is 2.51. The molecule has 0 spiro atoms. The number of nitrogens with zero attached hydrogens (tertiary/aromatic N) is 2. The van der Waals surface area contributed by atoms with Crippen LogP contribution in [0.15, 0.2) is 17.1 Å². The van der Waals surface area contributed by atoms with Crippen molar-refractivity contribution in [2.24, 2.45) is 4.99 Å². The van der Waals surface area contributed by atoms with Gasteiger partial charge in [-0.3, -0.25) is 14.7 Å². The van der Waals surface area contributed by atoms with E-state index in [0.29, 0.717) is 12.1 Å². The van der Waals surface area contributed by atoms with Gasteiger partial charge in [0, 0.05) is 17.9 Å².